The molecule has 0 N–H and O–H groups in total. The molecule has 0 aromatic heterocycles. The van der Waals surface area contributed by atoms with Crippen molar-refractivity contribution in [1.82, 2.24) is 0 Å². The van der Waals surface area contributed by atoms with Gasteiger partial charge in [-0.2, -0.15) is 0 Å². The summed E-state index contributed by atoms with van der Waals surface area (Å²) >= 11 is 9.67. The standard InChI is InChI=1S/S133/c1-3-5-7-9-11-13-15-17-19-21-23-25-27-29-31-33-35-37-39-41-43-45-47-49-51-53-55-57-59-61-63-65-67-69-71-73-75-77-79-81-83-85-87-89-91-93-95-97-99-101-103-105-107-109-111-113-115-117-119-121-123-125-127-129-131-133-132-130-128-126-124-122-120-118-116-114-112-110-108-106-104-102-100-98-96-94-92-90-88-86-84-82-80-78-76-74-72-70-68-66-64-62-60-58-56-54-52-50-48-46-44-42-40-38-36-34-32-30-28-26-24-22-20-18-16-14-12-10-8-6-4-2. The highest BCUT2D eigenvalue weighted by atomic mass is 33.6. The summed E-state index contributed by atoms with van der Waals surface area (Å²) in [6.07, 6.45) is 0. The van der Waals surface area contributed by atoms with Crippen molar-refractivity contribution in [2.45, 2.75) is 0 Å². The highest BCUT2D eigenvalue weighted by Gasteiger charge is 1.54. The van der Waals surface area contributed by atoms with Gasteiger partial charge in [0, 0.05) is 1190 Å². The van der Waals surface area contributed by atoms with Crippen LogP contribution in [0.15, 0.2) is 0 Å². The summed E-state index contributed by atoms with van der Waals surface area (Å²) in [5.41, 5.74) is 0. The van der Waals surface area contributed by atoms with Crippen LogP contribution in [-0.4, -0.2) is 0 Å². The van der Waals surface area contributed by atoms with E-state index in [-0.39, 0.29) is 0 Å². The molecule has 0 amide bonds. The second-order valence-corrected chi connectivity index (χ2v) is 241. The Labute approximate surface area is 1150 Å². The van der Waals surface area contributed by atoms with Crippen LogP contribution >= 0.6 is 0 Å². The monoisotopic (exact) mass is 4250 g/mol. The first-order valence-electron chi connectivity index (χ1n) is 22.0. The Hall–Kier alpha value is 29.3. The van der Waals surface area contributed by atoms with Crippen molar-refractivity contribution in [2.75, 3.05) is 0 Å². The minimum atomic E-state index is 1.37. The fourth-order valence-corrected chi connectivity index (χ4v) is 355. The third-order valence-corrected chi connectivity index (χ3v) is 292. The lowest BCUT2D eigenvalue weighted by molar-refractivity contribution is 5.95. The van der Waals surface area contributed by atoms with Gasteiger partial charge in [0.1, 0.15) is 0 Å². The van der Waals surface area contributed by atoms with Gasteiger partial charge in [0.15, 0.2) is 0 Å². The predicted molar refractivity (Wildman–Crippen MR) is 980 cm³/mol. The fraction of sp³-hybridized carbons (Fsp3) is 0. The molecule has 0 fully saturated rings. The average Bonchev–Trinajstić information content (AvgIpc) is 1.11. The molecule has 0 saturated heterocycles. The first-order valence-corrected chi connectivity index (χ1v) is 198. The predicted octanol–water partition coefficient (Wildman–Crippen LogP) is -0.319. The zero-order chi connectivity index (χ0) is 94.6. The van der Waals surface area contributed by atoms with E-state index in [9.17, 15) is 0 Å². The normalized spacial score (nSPS) is 7.91. The summed E-state index contributed by atoms with van der Waals surface area (Å²) in [5, 5.41) is 0. The maximum absolute atomic E-state index is 4.84. The van der Waals surface area contributed by atoms with Crippen LogP contribution in [-0.2, 0) is 1190 Å². The van der Waals surface area contributed by atoms with E-state index in [0.29, 0.717) is 0 Å². The molecule has 0 unspecified atom stereocenters. The summed E-state index contributed by atoms with van der Waals surface area (Å²) in [6.45, 7) is 0. The van der Waals surface area contributed by atoms with Crippen LogP contribution in [0.3, 0.4) is 0 Å². The van der Waals surface area contributed by atoms with Gasteiger partial charge in [-0.1, -0.05) is 0 Å². The van der Waals surface area contributed by atoms with E-state index in [1.807, 2.05) is 1040 Å². The van der Waals surface area contributed by atoms with Gasteiger partial charge in [0.2, 0.25) is 0 Å². The molecule has 0 aromatic rings. The van der Waals surface area contributed by atoms with Crippen LogP contribution in [0.5, 0.6) is 0 Å². The summed E-state index contributed by atoms with van der Waals surface area (Å²) in [5.74, 6) is 0. The molecule has 0 bridgehead atoms. The molecule has 0 spiro atoms. The highest BCUT2D eigenvalue weighted by molar-refractivity contribution is 8.91. The Bertz CT molecular complexity index is 9900. The fourth-order valence-electron chi connectivity index (χ4n) is 1.46. The van der Waals surface area contributed by atoms with Crippen molar-refractivity contribution >= 4 is 1190 Å². The van der Waals surface area contributed by atoms with E-state index in [1.54, 1.807) is 107 Å². The molecular formula is S133. The summed E-state index contributed by atoms with van der Waals surface area (Å²) in [7, 11) is 238. The molecule has 0 radical (unpaired) electrons. The smallest absolute Gasteiger partial charge is 0 e. The quantitative estimate of drug-likeness (QED) is 0.327. The van der Waals surface area contributed by atoms with Crippen molar-refractivity contribution in [2.24, 2.45) is 0 Å². The lowest BCUT2D eigenvalue weighted by Crippen LogP contribution is -1.42. The average molecular weight is 4260 g/mol. The molecule has 798 valence electrons. The zero-order valence-electron chi connectivity index (χ0n) is 54.3. The molecule has 0 aliphatic carbocycles. The van der Waals surface area contributed by atoms with E-state index < -0.39 is 0 Å². The lowest BCUT2D eigenvalue weighted by Gasteiger charge is -1.41. The van der Waals surface area contributed by atoms with Crippen LogP contribution in [0.2, 0.25) is 0 Å². The molecule has 0 heterocycles. The van der Waals surface area contributed by atoms with Crippen molar-refractivity contribution in [3.8, 4) is 0 Å². The van der Waals surface area contributed by atoms with Gasteiger partial charge in [-0.25, -0.2) is 0 Å². The van der Waals surface area contributed by atoms with Gasteiger partial charge in [-0.05, 0) is 0 Å². The Morgan fingerprint density at radius 3 is 0.0827 bits per heavy atom. The Morgan fingerprint density at radius 2 is 0.0602 bits per heavy atom. The summed E-state index contributed by atoms with van der Waals surface area (Å²) in [4.78, 5) is 0. The van der Waals surface area contributed by atoms with Crippen LogP contribution in [0, 0.1) is 0 Å². The molecule has 0 aliphatic heterocycles. The topological polar surface area (TPSA) is 0 Å². The van der Waals surface area contributed by atoms with Crippen LogP contribution in [0.4, 0.5) is 0 Å². The number of hydrogen-bond acceptors (Lipinski definition) is 2. The van der Waals surface area contributed by atoms with Crippen molar-refractivity contribution in [3.63, 3.8) is 0 Å². The molecule has 0 saturated carbocycles. The van der Waals surface area contributed by atoms with Crippen LogP contribution in [0.25, 0.3) is 0 Å². The van der Waals surface area contributed by atoms with Gasteiger partial charge < -0.3 is 0 Å². The third-order valence-electron chi connectivity index (χ3n) is 3.61. The Kier molecular flexibility index (Phi) is 197. The van der Waals surface area contributed by atoms with E-state index in [2.05, 4.69) is 0 Å². The molecule has 133 heavy (non-hydrogen) atoms. The number of hydrogen-bond donors (Lipinski definition) is 0. The number of rotatable bonds is 0. The Morgan fingerprint density at radius 1 is 0.0376 bits per heavy atom. The van der Waals surface area contributed by atoms with Crippen molar-refractivity contribution in [3.05, 3.63) is 0 Å². The first kappa shape index (κ1) is 162. The minimum absolute atomic E-state index is 1.37. The summed E-state index contributed by atoms with van der Waals surface area (Å²) < 4.78 is 0. The first-order chi connectivity index (χ1) is 66.4. The van der Waals surface area contributed by atoms with Crippen molar-refractivity contribution < 1.29 is 0 Å². The lowest BCUT2D eigenvalue weighted by atomic mass is 30.7. The van der Waals surface area contributed by atoms with Crippen LogP contribution in [0.1, 0.15) is 0 Å². The maximum Gasteiger partial charge on any atom is 0 e. The van der Waals surface area contributed by atoms with Crippen LogP contribution < -0.4 is 0 Å². The van der Waals surface area contributed by atoms with Gasteiger partial charge >= 0.3 is 0 Å². The molecule has 0 rings (SSSR count). The third kappa shape index (κ3) is 161. The van der Waals surface area contributed by atoms with Gasteiger partial charge in [-0.15, -0.1) is 0 Å². The van der Waals surface area contributed by atoms with Gasteiger partial charge in [0.05, 0.1) is 0 Å². The summed E-state index contributed by atoms with van der Waals surface area (Å²) in [6, 6.07) is 0. The molecule has 133 heteroatoms. The van der Waals surface area contributed by atoms with Gasteiger partial charge in [0.25, 0.3) is 0 Å². The molecule has 0 aliphatic rings. The minimum Gasteiger partial charge on any atom is 0 e. The SMILES string of the molecule is S=S=S=S=S=S=S=S=S=S=S=S=S=S=S=S=S=S=S=S=S=S=S=S=S=S=S=S=S=S=S=S=S=S=S=S=S=S=S=S=S=S=S=S=S=S=S=S=S=S=S=S=S=S=S=S=S=S=S=S=S=S=S=S=S=S=S=S=S=S=S=S=S=S=S=S=S=S=S=S=S=S=S=S=S=S=S=S=S=S=S=S=S=S=S=S=S=S=S=S=S=S=S=S=S=S=S=S=S=S=S=S=S=S=S=S=S=S=S=S=S=S=S=S=S=S=S=S=S=S=S=S=S. The highest BCUT2D eigenvalue weighted by Crippen LogP contribution is 1.54. The second kappa shape index (κ2) is 161. The zero-order valence-corrected chi connectivity index (χ0v) is 163. The van der Waals surface area contributed by atoms with Gasteiger partial charge in [-0.3, -0.25) is 0 Å². The Balaban J connectivity index is 6.21. The second-order valence-electron chi connectivity index (χ2n) is 8.91. The molecule has 0 nitrogen and oxygen atoms in total. The van der Waals surface area contributed by atoms with E-state index >= 15 is 0 Å². The molecule has 0 atom stereocenters. The van der Waals surface area contributed by atoms with E-state index in [4.69, 9.17) is 22.4 Å². The molecular weight excluding hydrogens is 4260 g/mol. The van der Waals surface area contributed by atoms with E-state index in [1.165, 1.54) is 17.8 Å². The largest absolute Gasteiger partial charge is 0 e. The van der Waals surface area contributed by atoms with Crippen molar-refractivity contribution in [1.29, 1.82) is 0 Å². The molecule has 0 aromatic carbocycles. The maximum atomic E-state index is 4.84. The van der Waals surface area contributed by atoms with E-state index in [0.717, 1.165) is 0 Å².